The van der Waals surface area contributed by atoms with Crippen molar-refractivity contribution in [2.24, 2.45) is 0 Å². The van der Waals surface area contributed by atoms with Gasteiger partial charge < -0.3 is 9.30 Å². The third kappa shape index (κ3) is 6.25. The fraction of sp³-hybridized carbons (Fsp3) is 0.0159. The van der Waals surface area contributed by atoms with Crippen molar-refractivity contribution in [1.29, 1.82) is 0 Å². The second-order valence-corrected chi connectivity index (χ2v) is 17.2. The van der Waals surface area contributed by atoms with E-state index in [0.29, 0.717) is 0 Å². The van der Waals surface area contributed by atoms with E-state index in [9.17, 15) is 0 Å². The molecule has 1 aliphatic heterocycles. The van der Waals surface area contributed by atoms with E-state index in [-0.39, 0.29) is 5.92 Å². The lowest BCUT2D eigenvalue weighted by Crippen LogP contribution is -2.13. The lowest BCUT2D eigenvalue weighted by atomic mass is 9.78. The molecule has 11 aromatic carbocycles. The van der Waals surface area contributed by atoms with Crippen molar-refractivity contribution in [2.45, 2.75) is 5.92 Å². The molecule has 2 nitrogen and oxygen atoms in total. The molecule has 2 heteroatoms. The summed E-state index contributed by atoms with van der Waals surface area (Å²) in [5, 5.41) is 7.33. The van der Waals surface area contributed by atoms with Crippen molar-refractivity contribution in [3.63, 3.8) is 0 Å². The molecular weight excluding hydrogens is 787 g/mol. The Kier molecular flexibility index (Phi) is 8.63. The number of hydrogen-bond donors (Lipinski definition) is 0. The second kappa shape index (κ2) is 15.1. The summed E-state index contributed by atoms with van der Waals surface area (Å²) < 4.78 is 9.25. The van der Waals surface area contributed by atoms with Crippen LogP contribution >= 0.6 is 0 Å². The van der Waals surface area contributed by atoms with Crippen LogP contribution in [0.3, 0.4) is 0 Å². The van der Waals surface area contributed by atoms with E-state index >= 15 is 0 Å². The molecule has 1 aliphatic rings. The molecule has 13 rings (SSSR count). The number of hydrogen-bond acceptors (Lipinski definition) is 1. The van der Waals surface area contributed by atoms with E-state index < -0.39 is 0 Å². The SMILES string of the molecule is c1ccc(-c2ccc3c4c(ccc3c2)Oc2ccc3cc(-c5ccccc5)ccc3c2C4c2ccc(-c3ccc(-c4ccc5c(c4)c4ccccc4n5-c4ccccc4)cc3)cc2)cc1. The molecule has 1 aromatic heterocycles. The summed E-state index contributed by atoms with van der Waals surface area (Å²) in [5.74, 6) is 1.76. The first-order valence-corrected chi connectivity index (χ1v) is 22.4. The minimum absolute atomic E-state index is 0.0505. The van der Waals surface area contributed by atoms with Crippen LogP contribution < -0.4 is 4.74 Å². The van der Waals surface area contributed by atoms with Crippen LogP contribution in [0, 0.1) is 0 Å². The predicted octanol–water partition coefficient (Wildman–Crippen LogP) is 17.0. The van der Waals surface area contributed by atoms with Gasteiger partial charge in [0.15, 0.2) is 0 Å². The molecule has 0 N–H and O–H groups in total. The second-order valence-electron chi connectivity index (χ2n) is 17.2. The predicted molar refractivity (Wildman–Crippen MR) is 271 cm³/mol. The molecule has 0 radical (unpaired) electrons. The average Bonchev–Trinajstić information content (AvgIpc) is 3.72. The van der Waals surface area contributed by atoms with Crippen molar-refractivity contribution in [2.75, 3.05) is 0 Å². The zero-order valence-corrected chi connectivity index (χ0v) is 35.5. The highest BCUT2D eigenvalue weighted by Gasteiger charge is 2.32. The van der Waals surface area contributed by atoms with Gasteiger partial charge in [0.25, 0.3) is 0 Å². The molecule has 0 spiro atoms. The lowest BCUT2D eigenvalue weighted by molar-refractivity contribution is 0.456. The Hall–Kier alpha value is -8.46. The van der Waals surface area contributed by atoms with E-state index in [1.807, 2.05) is 0 Å². The van der Waals surface area contributed by atoms with Crippen molar-refractivity contribution in [3.8, 4) is 61.7 Å². The molecular formula is C63H41NO. The molecule has 0 atom stereocenters. The molecule has 65 heavy (non-hydrogen) atoms. The summed E-state index contributed by atoms with van der Waals surface area (Å²) in [7, 11) is 0. The van der Waals surface area contributed by atoms with Gasteiger partial charge in [0, 0.05) is 33.5 Å². The van der Waals surface area contributed by atoms with Crippen molar-refractivity contribution in [1.82, 2.24) is 4.57 Å². The molecule has 0 saturated heterocycles. The van der Waals surface area contributed by atoms with Crippen LogP contribution in [-0.2, 0) is 0 Å². The number of nitrogens with zero attached hydrogens (tertiary/aromatic N) is 1. The van der Waals surface area contributed by atoms with Gasteiger partial charge in [0.05, 0.1) is 11.0 Å². The molecule has 12 aromatic rings. The Morgan fingerprint density at radius 1 is 0.292 bits per heavy atom. The third-order valence-electron chi connectivity index (χ3n) is 13.5. The minimum atomic E-state index is -0.0505. The van der Waals surface area contributed by atoms with E-state index in [4.69, 9.17) is 4.74 Å². The first-order valence-electron chi connectivity index (χ1n) is 22.4. The maximum Gasteiger partial charge on any atom is 0.132 e. The Bertz CT molecular complexity index is 3630. The number of para-hydroxylation sites is 2. The minimum Gasteiger partial charge on any atom is -0.457 e. The number of aromatic nitrogens is 1. The molecule has 0 aliphatic carbocycles. The zero-order valence-electron chi connectivity index (χ0n) is 35.5. The normalized spacial score (nSPS) is 12.4. The van der Waals surface area contributed by atoms with Gasteiger partial charge in [-0.3, -0.25) is 0 Å². The summed E-state index contributed by atoms with van der Waals surface area (Å²) in [5.41, 5.74) is 16.8. The van der Waals surface area contributed by atoms with E-state index in [1.54, 1.807) is 0 Å². The molecule has 0 amide bonds. The van der Waals surface area contributed by atoms with Crippen LogP contribution in [0.15, 0.2) is 243 Å². The fourth-order valence-electron chi connectivity index (χ4n) is 10.4. The average molecular weight is 828 g/mol. The van der Waals surface area contributed by atoms with Gasteiger partial charge in [-0.2, -0.15) is 0 Å². The number of ether oxygens (including phenoxy) is 1. The lowest BCUT2D eigenvalue weighted by Gasteiger charge is -2.31. The Morgan fingerprint density at radius 2 is 0.723 bits per heavy atom. The van der Waals surface area contributed by atoms with Crippen LogP contribution in [-0.4, -0.2) is 4.57 Å². The molecule has 0 bridgehead atoms. The summed E-state index contributed by atoms with van der Waals surface area (Å²) in [6.45, 7) is 0. The van der Waals surface area contributed by atoms with Crippen LogP contribution in [0.1, 0.15) is 22.6 Å². The summed E-state index contributed by atoms with van der Waals surface area (Å²) in [4.78, 5) is 0. The maximum absolute atomic E-state index is 6.88. The quantitative estimate of drug-likeness (QED) is 0.163. The van der Waals surface area contributed by atoms with Crippen LogP contribution in [0.5, 0.6) is 11.5 Å². The van der Waals surface area contributed by atoms with Gasteiger partial charge >= 0.3 is 0 Å². The highest BCUT2D eigenvalue weighted by atomic mass is 16.5. The first-order chi connectivity index (χ1) is 32.2. The van der Waals surface area contributed by atoms with E-state index in [0.717, 1.165) is 11.5 Å². The monoisotopic (exact) mass is 827 g/mol. The van der Waals surface area contributed by atoms with Crippen LogP contribution in [0.4, 0.5) is 0 Å². The number of benzene rings is 11. The van der Waals surface area contributed by atoms with Crippen LogP contribution in [0.2, 0.25) is 0 Å². The Balaban J connectivity index is 0.893. The van der Waals surface area contributed by atoms with Crippen LogP contribution in [0.25, 0.3) is 93.5 Å². The van der Waals surface area contributed by atoms with Gasteiger partial charge in [-0.05, 0) is 126 Å². The first kappa shape index (κ1) is 37.1. The highest BCUT2D eigenvalue weighted by Crippen LogP contribution is 2.53. The van der Waals surface area contributed by atoms with Gasteiger partial charge in [-0.25, -0.2) is 0 Å². The molecule has 0 saturated carbocycles. The molecule has 304 valence electrons. The van der Waals surface area contributed by atoms with Gasteiger partial charge in [-0.1, -0.05) is 188 Å². The smallest absolute Gasteiger partial charge is 0.132 e. The molecule has 0 fully saturated rings. The highest BCUT2D eigenvalue weighted by molar-refractivity contribution is 6.10. The summed E-state index contributed by atoms with van der Waals surface area (Å²) in [6, 6.07) is 88.3. The van der Waals surface area contributed by atoms with Gasteiger partial charge in [-0.15, -0.1) is 0 Å². The summed E-state index contributed by atoms with van der Waals surface area (Å²) in [6.07, 6.45) is 0. The number of rotatable bonds is 6. The molecule has 2 heterocycles. The van der Waals surface area contributed by atoms with E-state index in [2.05, 4.69) is 247 Å². The Morgan fingerprint density at radius 3 is 1.31 bits per heavy atom. The third-order valence-corrected chi connectivity index (χ3v) is 13.5. The standard InChI is InChI=1S/C63H41NO/c1-4-12-41(13-5-1)47-28-33-53-50(38-47)31-36-59-62(53)61(63-54-34-29-48(42-14-6-2-7-15-42)39-51(54)32-37-60(63)65-59)46-26-24-44(25-27-46)43-20-22-45(23-21-43)49-30-35-58-56(40-49)55-18-10-11-19-57(55)64(58)52-16-8-3-9-17-52/h1-40,61H. The fourth-order valence-corrected chi connectivity index (χ4v) is 10.4. The molecule has 0 unspecified atom stereocenters. The zero-order chi connectivity index (χ0) is 42.8. The largest absolute Gasteiger partial charge is 0.457 e. The Labute approximate surface area is 377 Å². The topological polar surface area (TPSA) is 14.2 Å². The van der Waals surface area contributed by atoms with E-state index in [1.165, 1.54) is 110 Å². The van der Waals surface area contributed by atoms with Crippen molar-refractivity contribution >= 4 is 43.4 Å². The maximum atomic E-state index is 6.88. The number of fused-ring (bicyclic) bond motifs is 9. The van der Waals surface area contributed by atoms with Gasteiger partial charge in [0.2, 0.25) is 0 Å². The summed E-state index contributed by atoms with van der Waals surface area (Å²) >= 11 is 0. The van der Waals surface area contributed by atoms with Crippen molar-refractivity contribution in [3.05, 3.63) is 259 Å². The van der Waals surface area contributed by atoms with Crippen molar-refractivity contribution < 1.29 is 4.74 Å². The van der Waals surface area contributed by atoms with Gasteiger partial charge in [0.1, 0.15) is 11.5 Å².